The van der Waals surface area contributed by atoms with Gasteiger partial charge >= 0.3 is 6.18 Å². The highest BCUT2D eigenvalue weighted by Crippen LogP contribution is 2.29. The van der Waals surface area contributed by atoms with E-state index in [1.54, 1.807) is 6.26 Å². The number of hydrogen-bond donors (Lipinski definition) is 1. The first-order valence-electron chi connectivity index (χ1n) is 8.68. The second-order valence-corrected chi connectivity index (χ2v) is 6.41. The molecule has 2 aromatic rings. The molecule has 1 fully saturated rings. The fourth-order valence-corrected chi connectivity index (χ4v) is 3.22. The molecule has 2 heterocycles. The van der Waals surface area contributed by atoms with Crippen LogP contribution in [0.5, 0.6) is 0 Å². The third-order valence-corrected chi connectivity index (χ3v) is 4.63. The third kappa shape index (κ3) is 4.46. The number of furan rings is 1. The highest BCUT2D eigenvalue weighted by atomic mass is 19.4. The quantitative estimate of drug-likeness (QED) is 0.860. The van der Waals surface area contributed by atoms with Crippen LogP contribution in [0.1, 0.15) is 47.0 Å². The van der Waals surface area contributed by atoms with Crippen molar-refractivity contribution in [1.82, 2.24) is 10.2 Å². The Kier molecular flexibility index (Phi) is 5.66. The van der Waals surface area contributed by atoms with Gasteiger partial charge in [0.15, 0.2) is 0 Å². The molecule has 1 saturated heterocycles. The van der Waals surface area contributed by atoms with Crippen molar-refractivity contribution in [2.45, 2.75) is 31.5 Å². The summed E-state index contributed by atoms with van der Waals surface area (Å²) in [6.07, 6.45) is 0.588. The van der Waals surface area contributed by atoms with E-state index in [0.29, 0.717) is 6.54 Å². The molecule has 0 aliphatic carbocycles. The van der Waals surface area contributed by atoms with Crippen molar-refractivity contribution >= 4 is 5.91 Å². The van der Waals surface area contributed by atoms with Gasteiger partial charge in [0, 0.05) is 12.1 Å². The smallest absolute Gasteiger partial charge is 0.416 e. The Morgan fingerprint density at radius 1 is 1.12 bits per heavy atom. The van der Waals surface area contributed by atoms with Crippen LogP contribution in [0.4, 0.5) is 13.2 Å². The summed E-state index contributed by atoms with van der Waals surface area (Å²) in [6, 6.07) is 7.84. The predicted octanol–water partition coefficient (Wildman–Crippen LogP) is 4.26. The van der Waals surface area contributed by atoms with Crippen LogP contribution in [-0.2, 0) is 6.18 Å². The number of rotatable bonds is 5. The lowest BCUT2D eigenvalue weighted by molar-refractivity contribution is -0.137. The molecule has 26 heavy (non-hydrogen) atoms. The van der Waals surface area contributed by atoms with Crippen LogP contribution in [0.2, 0.25) is 0 Å². The van der Waals surface area contributed by atoms with Gasteiger partial charge in [-0.3, -0.25) is 9.69 Å². The van der Waals surface area contributed by atoms with Crippen LogP contribution in [0.3, 0.4) is 0 Å². The van der Waals surface area contributed by atoms with E-state index in [9.17, 15) is 18.0 Å². The molecule has 0 saturated carbocycles. The first-order valence-corrected chi connectivity index (χ1v) is 8.68. The minimum absolute atomic E-state index is 0.0799. The lowest BCUT2D eigenvalue weighted by Crippen LogP contribution is -2.40. The molecule has 1 aliphatic rings. The number of amides is 1. The molecule has 0 bridgehead atoms. The zero-order chi connectivity index (χ0) is 18.6. The second-order valence-electron chi connectivity index (χ2n) is 6.41. The Morgan fingerprint density at radius 3 is 2.38 bits per heavy atom. The molecule has 7 heteroatoms. The van der Waals surface area contributed by atoms with E-state index in [-0.39, 0.29) is 11.6 Å². The fourth-order valence-electron chi connectivity index (χ4n) is 3.22. The van der Waals surface area contributed by atoms with E-state index in [1.165, 1.54) is 18.6 Å². The minimum atomic E-state index is -4.41. The number of carbonyl (C=O) groups is 1. The zero-order valence-corrected chi connectivity index (χ0v) is 14.3. The average Bonchev–Trinajstić information content (AvgIpc) is 3.16. The number of piperidine rings is 1. The number of nitrogens with zero attached hydrogens (tertiary/aromatic N) is 1. The van der Waals surface area contributed by atoms with Gasteiger partial charge in [-0.05, 0) is 62.3 Å². The van der Waals surface area contributed by atoms with Crippen LogP contribution in [-0.4, -0.2) is 30.4 Å². The van der Waals surface area contributed by atoms with Crippen molar-refractivity contribution in [3.05, 3.63) is 59.5 Å². The number of benzene rings is 1. The lowest BCUT2D eigenvalue weighted by atomic mass is 10.1. The maximum absolute atomic E-state index is 12.6. The number of carbonyl (C=O) groups excluding carboxylic acids is 1. The van der Waals surface area contributed by atoms with Gasteiger partial charge in [0.2, 0.25) is 0 Å². The Labute approximate surface area is 150 Å². The summed E-state index contributed by atoms with van der Waals surface area (Å²) in [7, 11) is 0. The Bertz CT molecular complexity index is 705. The van der Waals surface area contributed by atoms with Crippen LogP contribution >= 0.6 is 0 Å². The Morgan fingerprint density at radius 2 is 1.81 bits per heavy atom. The monoisotopic (exact) mass is 366 g/mol. The molecule has 0 radical (unpaired) electrons. The van der Waals surface area contributed by atoms with Crippen molar-refractivity contribution in [2.24, 2.45) is 0 Å². The molecule has 1 aliphatic heterocycles. The maximum Gasteiger partial charge on any atom is 0.416 e. The number of likely N-dealkylation sites (tertiary alicyclic amines) is 1. The summed E-state index contributed by atoms with van der Waals surface area (Å²) in [5.41, 5.74) is -0.564. The van der Waals surface area contributed by atoms with Crippen LogP contribution < -0.4 is 5.32 Å². The Hall–Kier alpha value is -2.28. The molecule has 140 valence electrons. The van der Waals surface area contributed by atoms with E-state index in [2.05, 4.69) is 10.2 Å². The normalized spacial score (nSPS) is 17.0. The lowest BCUT2D eigenvalue weighted by Gasteiger charge is -2.33. The molecular formula is C19H21F3N2O2. The molecule has 1 aromatic carbocycles. The molecular weight excluding hydrogens is 345 g/mol. The number of alkyl halides is 3. The standard InChI is InChI=1S/C19H21F3N2O2/c20-19(21,22)15-8-6-14(7-9-15)18(25)23-13-16(17-5-4-12-26-17)24-10-2-1-3-11-24/h4-9,12,16H,1-3,10-11,13H2,(H,23,25)/t16-/m0/s1. The maximum atomic E-state index is 12.6. The van der Waals surface area contributed by atoms with Gasteiger partial charge in [-0.25, -0.2) is 0 Å². The van der Waals surface area contributed by atoms with Crippen LogP contribution in [0, 0.1) is 0 Å². The SMILES string of the molecule is O=C(NC[C@@H](c1ccco1)N1CCCCC1)c1ccc(C(F)(F)F)cc1. The van der Waals surface area contributed by atoms with Crippen LogP contribution in [0.15, 0.2) is 47.1 Å². The summed E-state index contributed by atoms with van der Waals surface area (Å²) in [5.74, 6) is 0.381. The predicted molar refractivity (Wildman–Crippen MR) is 90.7 cm³/mol. The fraction of sp³-hybridized carbons (Fsp3) is 0.421. The van der Waals surface area contributed by atoms with E-state index in [0.717, 1.165) is 43.8 Å². The number of hydrogen-bond acceptors (Lipinski definition) is 3. The van der Waals surface area contributed by atoms with Gasteiger partial charge in [0.25, 0.3) is 5.91 Å². The van der Waals surface area contributed by atoms with E-state index >= 15 is 0 Å². The summed E-state index contributed by atoms with van der Waals surface area (Å²) in [5, 5.41) is 2.82. The van der Waals surface area contributed by atoms with Gasteiger partial charge in [0.1, 0.15) is 5.76 Å². The van der Waals surface area contributed by atoms with Gasteiger partial charge in [-0.1, -0.05) is 6.42 Å². The summed E-state index contributed by atoms with van der Waals surface area (Å²) in [6.45, 7) is 2.20. The Balaban J connectivity index is 1.65. The van der Waals surface area contributed by atoms with E-state index in [1.807, 2.05) is 12.1 Å². The molecule has 1 atom stereocenters. The van der Waals surface area contributed by atoms with Crippen molar-refractivity contribution in [3.8, 4) is 0 Å². The van der Waals surface area contributed by atoms with E-state index < -0.39 is 17.6 Å². The summed E-state index contributed by atoms with van der Waals surface area (Å²) >= 11 is 0. The molecule has 4 nitrogen and oxygen atoms in total. The van der Waals surface area contributed by atoms with Gasteiger partial charge in [0.05, 0.1) is 17.9 Å². The van der Waals surface area contributed by atoms with Crippen molar-refractivity contribution in [2.75, 3.05) is 19.6 Å². The number of halogens is 3. The molecule has 3 rings (SSSR count). The van der Waals surface area contributed by atoms with E-state index in [4.69, 9.17) is 4.42 Å². The van der Waals surface area contributed by atoms with Gasteiger partial charge in [-0.2, -0.15) is 13.2 Å². The highest BCUT2D eigenvalue weighted by molar-refractivity contribution is 5.94. The molecule has 1 aromatic heterocycles. The topological polar surface area (TPSA) is 45.5 Å². The van der Waals surface area contributed by atoms with Crippen molar-refractivity contribution in [3.63, 3.8) is 0 Å². The largest absolute Gasteiger partial charge is 0.468 e. The minimum Gasteiger partial charge on any atom is -0.468 e. The molecule has 1 N–H and O–H groups in total. The van der Waals surface area contributed by atoms with Crippen LogP contribution in [0.25, 0.3) is 0 Å². The average molecular weight is 366 g/mol. The molecule has 0 unspecified atom stereocenters. The van der Waals surface area contributed by atoms with Crippen molar-refractivity contribution < 1.29 is 22.4 Å². The third-order valence-electron chi connectivity index (χ3n) is 4.63. The summed E-state index contributed by atoms with van der Waals surface area (Å²) < 4.78 is 43.4. The second kappa shape index (κ2) is 7.95. The van der Waals surface area contributed by atoms with Gasteiger partial charge in [-0.15, -0.1) is 0 Å². The summed E-state index contributed by atoms with van der Waals surface area (Å²) in [4.78, 5) is 14.6. The zero-order valence-electron chi connectivity index (χ0n) is 14.3. The van der Waals surface area contributed by atoms with Crippen molar-refractivity contribution in [1.29, 1.82) is 0 Å². The first-order chi connectivity index (χ1) is 12.4. The van der Waals surface area contributed by atoms with Gasteiger partial charge < -0.3 is 9.73 Å². The first kappa shape index (κ1) is 18.5. The molecule has 1 amide bonds. The number of nitrogens with one attached hydrogen (secondary N) is 1. The highest BCUT2D eigenvalue weighted by Gasteiger charge is 2.30. The molecule has 0 spiro atoms.